The van der Waals surface area contributed by atoms with Crippen LogP contribution in [0.1, 0.15) is 40.5 Å². The predicted molar refractivity (Wildman–Crippen MR) is 117 cm³/mol. The van der Waals surface area contributed by atoms with Gasteiger partial charge in [0.1, 0.15) is 0 Å². The van der Waals surface area contributed by atoms with Gasteiger partial charge in [0.25, 0.3) is 0 Å². The van der Waals surface area contributed by atoms with Crippen molar-refractivity contribution in [1.29, 1.82) is 0 Å². The van der Waals surface area contributed by atoms with Crippen molar-refractivity contribution in [2.75, 3.05) is 0 Å². The number of aryl methyl sites for hydroxylation is 1. The molecule has 0 bridgehead atoms. The molecule has 162 valence electrons. The number of sulfonamides is 1. The van der Waals surface area contributed by atoms with Crippen molar-refractivity contribution in [2.24, 2.45) is 7.05 Å². The quantitative estimate of drug-likeness (QED) is 0.739. The Balaban J connectivity index is 1.94. The van der Waals surface area contributed by atoms with Crippen molar-refractivity contribution >= 4 is 15.9 Å². The molecule has 0 spiro atoms. The summed E-state index contributed by atoms with van der Waals surface area (Å²) in [6.45, 7) is 11.1. The zero-order chi connectivity index (χ0) is 22.3. The standard InChI is InChI=1S/C22H30N4O3S/c1-7-20(27)24-17-14-21(2,3)26(22(4,5)15-17)30(28,29)18-10-8-16(9-11-18)19-12-13-23-25(19)6/h7-13,17H,1,14-15H2,2-6H3,(H,24,27). The first kappa shape index (κ1) is 22.2. The van der Waals surface area contributed by atoms with E-state index < -0.39 is 21.1 Å². The minimum absolute atomic E-state index is 0.126. The molecule has 0 unspecified atom stereocenters. The summed E-state index contributed by atoms with van der Waals surface area (Å²) in [5.41, 5.74) is 0.456. The van der Waals surface area contributed by atoms with Crippen molar-refractivity contribution in [3.63, 3.8) is 0 Å². The van der Waals surface area contributed by atoms with E-state index in [1.165, 1.54) is 6.08 Å². The molecule has 1 aliphatic rings. The van der Waals surface area contributed by atoms with Gasteiger partial charge in [0.05, 0.1) is 10.6 Å². The number of rotatable bonds is 5. The highest BCUT2D eigenvalue weighted by molar-refractivity contribution is 7.89. The van der Waals surface area contributed by atoms with E-state index in [-0.39, 0.29) is 16.8 Å². The Morgan fingerprint density at radius 2 is 1.70 bits per heavy atom. The molecule has 1 aliphatic heterocycles. The fourth-order valence-corrected chi connectivity index (χ4v) is 6.98. The van der Waals surface area contributed by atoms with Crippen LogP contribution in [0.15, 0.2) is 54.1 Å². The maximum Gasteiger partial charge on any atom is 0.244 e. The third-order valence-electron chi connectivity index (χ3n) is 5.63. The van der Waals surface area contributed by atoms with E-state index >= 15 is 0 Å². The summed E-state index contributed by atoms with van der Waals surface area (Å²) in [6.07, 6.45) is 3.98. The van der Waals surface area contributed by atoms with Crippen LogP contribution < -0.4 is 5.32 Å². The number of piperidine rings is 1. The van der Waals surface area contributed by atoms with Crippen LogP contribution in [0.4, 0.5) is 0 Å². The van der Waals surface area contributed by atoms with Gasteiger partial charge in [-0.15, -0.1) is 0 Å². The van der Waals surface area contributed by atoms with E-state index in [0.29, 0.717) is 12.8 Å². The van der Waals surface area contributed by atoms with Gasteiger partial charge in [0.15, 0.2) is 0 Å². The molecule has 1 aromatic heterocycles. The number of amides is 1. The maximum absolute atomic E-state index is 13.7. The molecule has 0 aliphatic carbocycles. The van der Waals surface area contributed by atoms with E-state index in [1.54, 1.807) is 39.4 Å². The molecule has 2 aromatic rings. The molecule has 0 saturated carbocycles. The highest BCUT2D eigenvalue weighted by Gasteiger charge is 2.51. The highest BCUT2D eigenvalue weighted by Crippen LogP contribution is 2.42. The number of hydrogen-bond acceptors (Lipinski definition) is 4. The van der Waals surface area contributed by atoms with Crippen molar-refractivity contribution in [1.82, 2.24) is 19.4 Å². The summed E-state index contributed by atoms with van der Waals surface area (Å²) in [4.78, 5) is 12.0. The van der Waals surface area contributed by atoms with Crippen LogP contribution in [-0.4, -0.2) is 45.5 Å². The third kappa shape index (κ3) is 4.06. The van der Waals surface area contributed by atoms with Gasteiger partial charge in [-0.3, -0.25) is 9.48 Å². The van der Waals surface area contributed by atoms with E-state index in [1.807, 2.05) is 40.8 Å². The van der Waals surface area contributed by atoms with Gasteiger partial charge in [-0.2, -0.15) is 9.40 Å². The SMILES string of the molecule is C=CC(=O)NC1CC(C)(C)N(S(=O)(=O)c2ccc(-c3ccnn3C)cc2)C(C)(C)C1. The number of hydrogen-bond donors (Lipinski definition) is 1. The van der Waals surface area contributed by atoms with Crippen molar-refractivity contribution in [3.8, 4) is 11.3 Å². The molecule has 1 amide bonds. The summed E-state index contributed by atoms with van der Waals surface area (Å²) < 4.78 is 30.7. The molecule has 30 heavy (non-hydrogen) atoms. The lowest BCUT2D eigenvalue weighted by Gasteiger charge is -2.53. The second-order valence-corrected chi connectivity index (χ2v) is 10.9. The van der Waals surface area contributed by atoms with E-state index in [9.17, 15) is 13.2 Å². The van der Waals surface area contributed by atoms with E-state index in [4.69, 9.17) is 0 Å². The van der Waals surface area contributed by atoms with Gasteiger partial charge in [-0.25, -0.2) is 8.42 Å². The molecular weight excluding hydrogens is 400 g/mol. The molecule has 1 aromatic carbocycles. The molecule has 1 N–H and O–H groups in total. The highest BCUT2D eigenvalue weighted by atomic mass is 32.2. The summed E-state index contributed by atoms with van der Waals surface area (Å²) in [6, 6.07) is 8.67. The zero-order valence-electron chi connectivity index (χ0n) is 18.2. The Hall–Kier alpha value is -2.45. The number of carbonyl (C=O) groups excluding carboxylic acids is 1. The van der Waals surface area contributed by atoms with Gasteiger partial charge in [0.2, 0.25) is 15.9 Å². The Kier molecular flexibility index (Phi) is 5.68. The molecule has 0 atom stereocenters. The number of carbonyl (C=O) groups is 1. The predicted octanol–water partition coefficient (Wildman–Crippen LogP) is 3.10. The van der Waals surface area contributed by atoms with Crippen LogP contribution >= 0.6 is 0 Å². The molecule has 0 radical (unpaired) electrons. The lowest BCUT2D eigenvalue weighted by Crippen LogP contribution is -2.65. The summed E-state index contributed by atoms with van der Waals surface area (Å²) >= 11 is 0. The van der Waals surface area contributed by atoms with Crippen molar-refractivity contribution in [2.45, 2.75) is 62.6 Å². The van der Waals surface area contributed by atoms with Gasteiger partial charge in [-0.1, -0.05) is 18.7 Å². The number of nitrogens with zero attached hydrogens (tertiary/aromatic N) is 3. The van der Waals surface area contributed by atoms with Crippen molar-refractivity contribution < 1.29 is 13.2 Å². The van der Waals surface area contributed by atoms with Gasteiger partial charge in [-0.05, 0) is 70.4 Å². The Morgan fingerprint density at radius 3 is 2.17 bits per heavy atom. The monoisotopic (exact) mass is 430 g/mol. The Morgan fingerprint density at radius 1 is 1.13 bits per heavy atom. The molecule has 1 fully saturated rings. The second-order valence-electron chi connectivity index (χ2n) is 9.08. The second kappa shape index (κ2) is 7.67. The third-order valence-corrected chi connectivity index (χ3v) is 7.97. The minimum atomic E-state index is -3.75. The number of aromatic nitrogens is 2. The molecule has 8 heteroatoms. The molecule has 7 nitrogen and oxygen atoms in total. The fourth-order valence-electron chi connectivity index (χ4n) is 4.84. The zero-order valence-corrected chi connectivity index (χ0v) is 19.0. The van der Waals surface area contributed by atoms with E-state index in [0.717, 1.165) is 11.3 Å². The summed E-state index contributed by atoms with van der Waals surface area (Å²) in [5, 5.41) is 7.10. The number of benzene rings is 1. The van der Waals surface area contributed by atoms with Crippen LogP contribution in [0.3, 0.4) is 0 Å². The summed E-state index contributed by atoms with van der Waals surface area (Å²) in [5.74, 6) is -0.242. The average molecular weight is 431 g/mol. The summed E-state index contributed by atoms with van der Waals surface area (Å²) in [7, 11) is -1.90. The smallest absolute Gasteiger partial charge is 0.244 e. The van der Waals surface area contributed by atoms with Crippen LogP contribution in [0, 0.1) is 0 Å². The molecular formula is C22H30N4O3S. The normalized spacial score (nSPS) is 19.4. The van der Waals surface area contributed by atoms with Crippen LogP contribution in [0.25, 0.3) is 11.3 Å². The molecule has 1 saturated heterocycles. The Bertz CT molecular complexity index is 1030. The first-order chi connectivity index (χ1) is 13.9. The van der Waals surface area contributed by atoms with E-state index in [2.05, 4.69) is 17.0 Å². The van der Waals surface area contributed by atoms with Gasteiger partial charge >= 0.3 is 0 Å². The maximum atomic E-state index is 13.7. The molecule has 2 heterocycles. The minimum Gasteiger partial charge on any atom is -0.350 e. The van der Waals surface area contributed by atoms with Crippen LogP contribution in [0.5, 0.6) is 0 Å². The van der Waals surface area contributed by atoms with Crippen LogP contribution in [-0.2, 0) is 21.9 Å². The van der Waals surface area contributed by atoms with Crippen LogP contribution in [0.2, 0.25) is 0 Å². The lowest BCUT2D eigenvalue weighted by molar-refractivity contribution is -0.118. The first-order valence-corrected chi connectivity index (χ1v) is 11.4. The molecule has 3 rings (SSSR count). The van der Waals surface area contributed by atoms with Gasteiger partial charge in [0, 0.05) is 30.4 Å². The lowest BCUT2D eigenvalue weighted by atomic mass is 9.79. The number of nitrogens with one attached hydrogen (secondary N) is 1. The largest absolute Gasteiger partial charge is 0.350 e. The fraction of sp³-hybridized carbons (Fsp3) is 0.455. The van der Waals surface area contributed by atoms with Gasteiger partial charge < -0.3 is 5.32 Å². The van der Waals surface area contributed by atoms with Crippen molar-refractivity contribution in [3.05, 3.63) is 49.2 Å². The first-order valence-electron chi connectivity index (χ1n) is 9.95. The topological polar surface area (TPSA) is 84.3 Å². The Labute approximate surface area is 178 Å². The average Bonchev–Trinajstić information content (AvgIpc) is 3.05.